The smallest absolute Gasteiger partial charge is 0.255 e. The highest BCUT2D eigenvalue weighted by molar-refractivity contribution is 5.97. The van der Waals surface area contributed by atoms with E-state index in [0.29, 0.717) is 23.3 Å². The zero-order valence-corrected chi connectivity index (χ0v) is 13.2. The molecule has 1 aromatic carbocycles. The third-order valence-electron chi connectivity index (χ3n) is 4.49. The Labute approximate surface area is 128 Å². The van der Waals surface area contributed by atoms with E-state index < -0.39 is 0 Å². The van der Waals surface area contributed by atoms with Crippen LogP contribution in [0.25, 0.3) is 0 Å². The summed E-state index contributed by atoms with van der Waals surface area (Å²) in [5.74, 6) is 1.28. The van der Waals surface area contributed by atoms with Gasteiger partial charge >= 0.3 is 0 Å². The van der Waals surface area contributed by atoms with Gasteiger partial charge in [0.15, 0.2) is 0 Å². The molecule has 0 spiro atoms. The second-order valence-electron chi connectivity index (χ2n) is 5.97. The summed E-state index contributed by atoms with van der Waals surface area (Å²) < 4.78 is 5.29. The van der Waals surface area contributed by atoms with Crippen LogP contribution in [0, 0.1) is 5.92 Å². The molecule has 1 aliphatic carbocycles. The minimum Gasteiger partial charge on any atom is -0.496 e. The number of ether oxygens (including phenoxy) is 1. The van der Waals surface area contributed by atoms with Gasteiger partial charge in [-0.05, 0) is 37.3 Å². The lowest BCUT2D eigenvalue weighted by atomic mass is 9.82. The van der Waals surface area contributed by atoms with Crippen LogP contribution < -0.4 is 10.1 Å². The molecule has 1 aromatic rings. The van der Waals surface area contributed by atoms with Crippen LogP contribution in [0.5, 0.6) is 5.75 Å². The number of nitrogens with one attached hydrogen (secondary N) is 1. The first kappa shape index (κ1) is 15.9. The minimum atomic E-state index is -0.00327. The van der Waals surface area contributed by atoms with Crippen molar-refractivity contribution in [2.75, 3.05) is 7.11 Å². The van der Waals surface area contributed by atoms with E-state index in [1.165, 1.54) is 32.1 Å². The Kier molecular flexibility index (Phi) is 6.09. The van der Waals surface area contributed by atoms with E-state index in [9.17, 15) is 4.79 Å². The fourth-order valence-electron chi connectivity index (χ4n) is 3.35. The van der Waals surface area contributed by atoms with Gasteiger partial charge in [0, 0.05) is 6.04 Å². The summed E-state index contributed by atoms with van der Waals surface area (Å²) in [4.78, 5) is 12.6. The number of hydrogen-bond donors (Lipinski definition) is 1. The molecule has 0 bridgehead atoms. The van der Waals surface area contributed by atoms with Crippen LogP contribution in [-0.2, 0) is 0 Å². The second-order valence-corrected chi connectivity index (χ2v) is 5.97. The number of amides is 1. The summed E-state index contributed by atoms with van der Waals surface area (Å²) in [6.07, 6.45) is 8.60. The summed E-state index contributed by atoms with van der Waals surface area (Å²) >= 11 is 0. The van der Waals surface area contributed by atoms with Gasteiger partial charge < -0.3 is 10.1 Å². The van der Waals surface area contributed by atoms with E-state index in [1.54, 1.807) is 7.11 Å². The molecule has 1 aliphatic rings. The van der Waals surface area contributed by atoms with Crippen LogP contribution in [0.4, 0.5) is 0 Å². The largest absolute Gasteiger partial charge is 0.496 e. The van der Waals surface area contributed by atoms with Gasteiger partial charge in [-0.25, -0.2) is 0 Å². The first-order valence-electron chi connectivity index (χ1n) is 8.20. The number of carbonyl (C=O) groups excluding carboxylic acids is 1. The highest BCUT2D eigenvalue weighted by Gasteiger charge is 2.25. The monoisotopic (exact) mass is 289 g/mol. The van der Waals surface area contributed by atoms with E-state index >= 15 is 0 Å². The van der Waals surface area contributed by atoms with Crippen LogP contribution in [0.3, 0.4) is 0 Å². The molecule has 3 heteroatoms. The molecule has 1 amide bonds. The summed E-state index contributed by atoms with van der Waals surface area (Å²) in [7, 11) is 1.61. The number of carbonyl (C=O) groups is 1. The summed E-state index contributed by atoms with van der Waals surface area (Å²) in [5.41, 5.74) is 0.636. The minimum absolute atomic E-state index is 0.00327. The molecule has 116 valence electrons. The molecule has 2 rings (SSSR count). The van der Waals surface area contributed by atoms with E-state index in [4.69, 9.17) is 4.74 Å². The average molecular weight is 289 g/mol. The highest BCUT2D eigenvalue weighted by atomic mass is 16.5. The lowest BCUT2D eigenvalue weighted by Gasteiger charge is -2.31. The summed E-state index contributed by atoms with van der Waals surface area (Å²) in [5, 5.41) is 3.26. The molecule has 0 saturated heterocycles. The lowest BCUT2D eigenvalue weighted by molar-refractivity contribution is 0.0906. The Morgan fingerprint density at radius 3 is 2.67 bits per heavy atom. The number of benzene rings is 1. The molecular weight excluding hydrogens is 262 g/mol. The molecule has 21 heavy (non-hydrogen) atoms. The van der Waals surface area contributed by atoms with Gasteiger partial charge in [-0.3, -0.25) is 4.79 Å². The van der Waals surface area contributed by atoms with Crippen molar-refractivity contribution in [1.29, 1.82) is 0 Å². The first-order valence-corrected chi connectivity index (χ1v) is 8.20. The third-order valence-corrected chi connectivity index (χ3v) is 4.49. The number of rotatable bonds is 6. The Balaban J connectivity index is 2.06. The van der Waals surface area contributed by atoms with Gasteiger partial charge in [-0.15, -0.1) is 0 Å². The van der Waals surface area contributed by atoms with Crippen LogP contribution in [0.2, 0.25) is 0 Å². The number of para-hydroxylation sites is 1. The number of methoxy groups -OCH3 is 1. The van der Waals surface area contributed by atoms with Crippen LogP contribution in [-0.4, -0.2) is 19.1 Å². The summed E-state index contributed by atoms with van der Waals surface area (Å²) in [6, 6.07) is 7.74. The topological polar surface area (TPSA) is 38.3 Å². The predicted octanol–water partition coefficient (Wildman–Crippen LogP) is 4.17. The van der Waals surface area contributed by atoms with Crippen LogP contribution in [0.15, 0.2) is 24.3 Å². The van der Waals surface area contributed by atoms with Crippen LogP contribution in [0.1, 0.15) is 62.2 Å². The molecule has 1 N–H and O–H groups in total. The van der Waals surface area contributed by atoms with Crippen molar-refractivity contribution >= 4 is 5.91 Å². The van der Waals surface area contributed by atoms with E-state index in [-0.39, 0.29) is 5.91 Å². The van der Waals surface area contributed by atoms with Crippen LogP contribution >= 0.6 is 0 Å². The van der Waals surface area contributed by atoms with Gasteiger partial charge in [0.25, 0.3) is 5.91 Å². The Hall–Kier alpha value is -1.51. The maximum atomic E-state index is 12.6. The third kappa shape index (κ3) is 4.23. The molecule has 1 saturated carbocycles. The van der Waals surface area contributed by atoms with Gasteiger partial charge in [-0.2, -0.15) is 0 Å². The van der Waals surface area contributed by atoms with Crippen molar-refractivity contribution < 1.29 is 9.53 Å². The average Bonchev–Trinajstić information content (AvgIpc) is 2.55. The molecule has 0 radical (unpaired) electrons. The lowest BCUT2D eigenvalue weighted by Crippen LogP contribution is -2.41. The molecule has 0 aliphatic heterocycles. The zero-order valence-electron chi connectivity index (χ0n) is 13.2. The van der Waals surface area contributed by atoms with Crippen molar-refractivity contribution in [2.24, 2.45) is 5.92 Å². The molecule has 1 unspecified atom stereocenters. The van der Waals surface area contributed by atoms with Gasteiger partial charge in [-0.1, -0.05) is 44.7 Å². The highest BCUT2D eigenvalue weighted by Crippen LogP contribution is 2.29. The van der Waals surface area contributed by atoms with Gasteiger partial charge in [0.1, 0.15) is 5.75 Å². The molecule has 0 aromatic heterocycles. The van der Waals surface area contributed by atoms with E-state index in [0.717, 1.165) is 12.8 Å². The van der Waals surface area contributed by atoms with E-state index in [2.05, 4.69) is 12.2 Å². The summed E-state index contributed by atoms with van der Waals surface area (Å²) in [6.45, 7) is 2.19. The van der Waals surface area contributed by atoms with Crippen molar-refractivity contribution in [3.8, 4) is 5.75 Å². The molecule has 3 nitrogen and oxygen atoms in total. The fourth-order valence-corrected chi connectivity index (χ4v) is 3.35. The molecule has 1 atom stereocenters. The zero-order chi connectivity index (χ0) is 15.1. The molecule has 1 fully saturated rings. The first-order chi connectivity index (χ1) is 10.3. The SMILES string of the molecule is CCCC(NC(=O)c1ccccc1OC)C1CCCCC1. The predicted molar refractivity (Wildman–Crippen MR) is 85.7 cm³/mol. The Morgan fingerprint density at radius 2 is 2.00 bits per heavy atom. The van der Waals surface area contributed by atoms with Gasteiger partial charge in [0.2, 0.25) is 0 Å². The molecule has 0 heterocycles. The standard InChI is InChI=1S/C18H27NO2/c1-3-9-16(14-10-5-4-6-11-14)19-18(20)15-12-7-8-13-17(15)21-2/h7-8,12-14,16H,3-6,9-11H2,1-2H3,(H,19,20). The Morgan fingerprint density at radius 1 is 1.29 bits per heavy atom. The second kappa shape index (κ2) is 8.06. The normalized spacial score (nSPS) is 17.2. The fraction of sp³-hybridized carbons (Fsp3) is 0.611. The maximum Gasteiger partial charge on any atom is 0.255 e. The maximum absolute atomic E-state index is 12.6. The van der Waals surface area contributed by atoms with Crippen molar-refractivity contribution in [2.45, 2.75) is 57.9 Å². The Bertz CT molecular complexity index is 452. The van der Waals surface area contributed by atoms with Crippen molar-refractivity contribution in [1.82, 2.24) is 5.32 Å². The number of hydrogen-bond acceptors (Lipinski definition) is 2. The quantitative estimate of drug-likeness (QED) is 0.853. The van der Waals surface area contributed by atoms with Crippen molar-refractivity contribution in [3.05, 3.63) is 29.8 Å². The van der Waals surface area contributed by atoms with Crippen molar-refractivity contribution in [3.63, 3.8) is 0 Å². The van der Waals surface area contributed by atoms with E-state index in [1.807, 2.05) is 24.3 Å². The molecular formula is C18H27NO2. The van der Waals surface area contributed by atoms with Gasteiger partial charge in [0.05, 0.1) is 12.7 Å².